The molecule has 0 amide bonds. The first kappa shape index (κ1) is 12.7. The number of halogens is 1. The molecule has 1 aliphatic rings. The molecule has 1 heteroatoms. The van der Waals surface area contributed by atoms with Gasteiger partial charge in [-0.3, -0.25) is 0 Å². The van der Waals surface area contributed by atoms with E-state index in [0.29, 0.717) is 0 Å². The Morgan fingerprint density at radius 3 is 2.58 bits per heavy atom. The number of allylic oxidation sites excluding steroid dienone is 2. The van der Waals surface area contributed by atoms with Crippen LogP contribution < -0.4 is 0 Å². The number of benzene rings is 2. The Morgan fingerprint density at radius 1 is 1.05 bits per heavy atom. The van der Waals surface area contributed by atoms with Crippen LogP contribution in [0.1, 0.15) is 30.9 Å². The lowest BCUT2D eigenvalue weighted by Gasteiger charge is -2.11. The van der Waals surface area contributed by atoms with E-state index in [1.807, 2.05) is 0 Å². The van der Waals surface area contributed by atoms with E-state index in [-0.39, 0.29) is 0 Å². The van der Waals surface area contributed by atoms with Gasteiger partial charge in [-0.25, -0.2) is 0 Å². The second kappa shape index (κ2) is 5.34. The lowest BCUT2D eigenvalue weighted by Crippen LogP contribution is -1.89. The molecular formula is C18H17Br. The van der Waals surface area contributed by atoms with Gasteiger partial charge in [0.25, 0.3) is 0 Å². The molecule has 0 saturated carbocycles. The maximum Gasteiger partial charge on any atom is 0.0257 e. The van der Waals surface area contributed by atoms with Crippen molar-refractivity contribution < 1.29 is 0 Å². The van der Waals surface area contributed by atoms with Gasteiger partial charge in [-0.2, -0.15) is 0 Å². The van der Waals surface area contributed by atoms with Crippen molar-refractivity contribution >= 4 is 21.5 Å². The van der Waals surface area contributed by atoms with Gasteiger partial charge < -0.3 is 0 Å². The van der Waals surface area contributed by atoms with Crippen LogP contribution in [0.15, 0.2) is 53.0 Å². The third-order valence-electron chi connectivity index (χ3n) is 3.71. The topological polar surface area (TPSA) is 0 Å². The molecule has 0 aromatic heterocycles. The molecule has 0 saturated heterocycles. The van der Waals surface area contributed by atoms with Crippen molar-refractivity contribution in [3.05, 3.63) is 64.1 Å². The van der Waals surface area contributed by atoms with Gasteiger partial charge in [0.15, 0.2) is 0 Å². The summed E-state index contributed by atoms with van der Waals surface area (Å²) in [5.74, 6) is 0. The summed E-state index contributed by atoms with van der Waals surface area (Å²) in [6.07, 6.45) is 5.86. The van der Waals surface area contributed by atoms with Gasteiger partial charge in [-0.15, -0.1) is 0 Å². The average molecular weight is 313 g/mol. The molecule has 3 rings (SSSR count). The fourth-order valence-corrected chi connectivity index (χ4v) is 3.39. The molecule has 0 N–H and O–H groups in total. The largest absolute Gasteiger partial charge is 0.0763 e. The number of hydrogen-bond donors (Lipinski definition) is 0. The van der Waals surface area contributed by atoms with Crippen LogP contribution >= 0.6 is 15.9 Å². The Hall–Kier alpha value is -1.34. The summed E-state index contributed by atoms with van der Waals surface area (Å²) in [4.78, 5) is 0. The van der Waals surface area contributed by atoms with E-state index >= 15 is 0 Å². The van der Waals surface area contributed by atoms with Gasteiger partial charge in [0.1, 0.15) is 0 Å². The fraction of sp³-hybridized carbons (Fsp3) is 0.222. The summed E-state index contributed by atoms with van der Waals surface area (Å²) in [6, 6.07) is 15.2. The Bertz CT molecular complexity index is 624. The molecule has 96 valence electrons. The number of rotatable bonds is 3. The van der Waals surface area contributed by atoms with Gasteiger partial charge >= 0.3 is 0 Å². The number of fused-ring (bicyclic) bond motifs is 1. The average Bonchev–Trinajstić information content (AvgIpc) is 2.81. The summed E-state index contributed by atoms with van der Waals surface area (Å²) in [5, 5.41) is 0. The SMILES string of the molecule is CCCC1=CCc2cc(Br)c(-c3ccccc3)cc21. The highest BCUT2D eigenvalue weighted by Crippen LogP contribution is 2.38. The van der Waals surface area contributed by atoms with Crippen LogP contribution in [0.2, 0.25) is 0 Å². The van der Waals surface area contributed by atoms with Crippen molar-refractivity contribution in [3.63, 3.8) is 0 Å². The van der Waals surface area contributed by atoms with E-state index in [0.717, 1.165) is 6.42 Å². The zero-order valence-electron chi connectivity index (χ0n) is 11.1. The van der Waals surface area contributed by atoms with Crippen LogP contribution in [0.3, 0.4) is 0 Å². The zero-order valence-corrected chi connectivity index (χ0v) is 12.7. The summed E-state index contributed by atoms with van der Waals surface area (Å²) in [7, 11) is 0. The van der Waals surface area contributed by atoms with Gasteiger partial charge in [0.05, 0.1) is 0 Å². The highest BCUT2D eigenvalue weighted by Gasteiger charge is 2.16. The molecular weight excluding hydrogens is 296 g/mol. The smallest absolute Gasteiger partial charge is 0.0257 e. The van der Waals surface area contributed by atoms with E-state index in [1.165, 1.54) is 45.1 Å². The number of hydrogen-bond acceptors (Lipinski definition) is 0. The van der Waals surface area contributed by atoms with E-state index in [1.54, 1.807) is 0 Å². The van der Waals surface area contributed by atoms with E-state index < -0.39 is 0 Å². The Kier molecular flexibility index (Phi) is 3.56. The van der Waals surface area contributed by atoms with Crippen molar-refractivity contribution in [1.82, 2.24) is 0 Å². The monoisotopic (exact) mass is 312 g/mol. The summed E-state index contributed by atoms with van der Waals surface area (Å²) < 4.78 is 1.20. The molecule has 0 fully saturated rings. The second-order valence-electron chi connectivity index (χ2n) is 5.04. The molecule has 2 aromatic rings. The van der Waals surface area contributed by atoms with E-state index in [4.69, 9.17) is 0 Å². The van der Waals surface area contributed by atoms with Gasteiger partial charge in [-0.1, -0.05) is 65.7 Å². The van der Waals surface area contributed by atoms with Crippen LogP contribution in [-0.4, -0.2) is 0 Å². The van der Waals surface area contributed by atoms with Crippen LogP contribution in [-0.2, 0) is 6.42 Å². The Labute approximate surface area is 123 Å². The van der Waals surface area contributed by atoms with Gasteiger partial charge in [-0.05, 0) is 52.8 Å². The lowest BCUT2D eigenvalue weighted by molar-refractivity contribution is 0.975. The standard InChI is InChI=1S/C18H17Br/c1-2-6-13-9-10-15-11-18(19)17(12-16(13)15)14-7-4-3-5-8-14/h3-5,7-9,11-12H,2,6,10H2,1H3. The van der Waals surface area contributed by atoms with E-state index in [9.17, 15) is 0 Å². The van der Waals surface area contributed by atoms with Crippen molar-refractivity contribution in [2.24, 2.45) is 0 Å². The van der Waals surface area contributed by atoms with Gasteiger partial charge in [0, 0.05) is 4.47 Å². The van der Waals surface area contributed by atoms with Crippen LogP contribution in [0.4, 0.5) is 0 Å². The van der Waals surface area contributed by atoms with Crippen molar-refractivity contribution in [2.45, 2.75) is 26.2 Å². The highest BCUT2D eigenvalue weighted by molar-refractivity contribution is 9.10. The van der Waals surface area contributed by atoms with Gasteiger partial charge in [0.2, 0.25) is 0 Å². The molecule has 1 aliphatic carbocycles. The molecule has 0 atom stereocenters. The van der Waals surface area contributed by atoms with Crippen LogP contribution in [0.5, 0.6) is 0 Å². The molecule has 0 aliphatic heterocycles. The quantitative estimate of drug-likeness (QED) is 0.666. The minimum atomic E-state index is 1.08. The minimum absolute atomic E-state index is 1.08. The van der Waals surface area contributed by atoms with Crippen LogP contribution in [0, 0.1) is 0 Å². The first-order chi connectivity index (χ1) is 9.29. The summed E-state index contributed by atoms with van der Waals surface area (Å²) >= 11 is 3.72. The third-order valence-corrected chi connectivity index (χ3v) is 4.37. The van der Waals surface area contributed by atoms with Crippen molar-refractivity contribution in [1.29, 1.82) is 0 Å². The molecule has 0 unspecified atom stereocenters. The molecule has 19 heavy (non-hydrogen) atoms. The predicted molar refractivity (Wildman–Crippen MR) is 86.2 cm³/mol. The molecule has 0 nitrogen and oxygen atoms in total. The Balaban J connectivity index is 2.09. The Morgan fingerprint density at radius 2 is 1.84 bits per heavy atom. The molecule has 0 bridgehead atoms. The fourth-order valence-electron chi connectivity index (χ4n) is 2.77. The van der Waals surface area contributed by atoms with E-state index in [2.05, 4.69) is 71.4 Å². The lowest BCUT2D eigenvalue weighted by atomic mass is 9.96. The normalized spacial score (nSPS) is 13.3. The first-order valence-corrected chi connectivity index (χ1v) is 7.66. The maximum absolute atomic E-state index is 3.72. The molecule has 2 aromatic carbocycles. The van der Waals surface area contributed by atoms with Crippen molar-refractivity contribution in [3.8, 4) is 11.1 Å². The third kappa shape index (κ3) is 2.40. The maximum atomic E-state index is 3.72. The summed E-state index contributed by atoms with van der Waals surface area (Å²) in [5.41, 5.74) is 6.99. The first-order valence-electron chi connectivity index (χ1n) is 6.87. The molecule has 0 spiro atoms. The van der Waals surface area contributed by atoms with Crippen LogP contribution in [0.25, 0.3) is 16.7 Å². The summed E-state index contributed by atoms with van der Waals surface area (Å²) in [6.45, 7) is 2.25. The molecule has 0 radical (unpaired) electrons. The zero-order chi connectivity index (χ0) is 13.2. The molecule has 0 heterocycles. The van der Waals surface area contributed by atoms with Crippen molar-refractivity contribution in [2.75, 3.05) is 0 Å². The highest BCUT2D eigenvalue weighted by atomic mass is 79.9. The minimum Gasteiger partial charge on any atom is -0.0763 e. The predicted octanol–water partition coefficient (Wildman–Crippen LogP) is 5.86. The second-order valence-corrected chi connectivity index (χ2v) is 5.89.